The Hall–Kier alpha value is -0.995. The van der Waals surface area contributed by atoms with Gasteiger partial charge in [0.15, 0.2) is 0 Å². The highest BCUT2D eigenvalue weighted by Crippen LogP contribution is 2.07. The maximum absolute atomic E-state index is 10.6. The number of ether oxygens (including phenoxy) is 2. The largest absolute Gasteiger partial charge is 0.469 e. The lowest BCUT2D eigenvalue weighted by Crippen LogP contribution is -2.15. The smallest absolute Gasteiger partial charge is 0.305 e. The van der Waals surface area contributed by atoms with Crippen molar-refractivity contribution in [1.29, 1.82) is 0 Å². The predicted octanol–water partition coefficient (Wildman–Crippen LogP) is -0.321. The molecule has 0 spiro atoms. The summed E-state index contributed by atoms with van der Waals surface area (Å²) in [5, 5.41) is 0. The van der Waals surface area contributed by atoms with Gasteiger partial charge in [-0.25, -0.2) is 0 Å². The number of esters is 2. The minimum atomic E-state index is -0.924. The number of methoxy groups -OCH3 is 2. The van der Waals surface area contributed by atoms with Gasteiger partial charge in [0.25, 0.3) is 5.97 Å². The molecule has 0 aliphatic rings. The van der Waals surface area contributed by atoms with Gasteiger partial charge < -0.3 is 9.47 Å². The van der Waals surface area contributed by atoms with E-state index in [0.29, 0.717) is 0 Å². The zero-order chi connectivity index (χ0) is 8.85. The number of rotatable bonds is 3. The number of carbonyl (C=O) groups excluding carboxylic acids is 2. The fourth-order valence-electron chi connectivity index (χ4n) is 0.498. The lowest BCUT2D eigenvalue weighted by atomic mass is 9.85. The van der Waals surface area contributed by atoms with Crippen LogP contribution in [0, 0.1) is 0 Å². The first-order valence-corrected chi connectivity index (χ1v) is 3.02. The first-order valence-electron chi connectivity index (χ1n) is 3.02. The third-order valence-corrected chi connectivity index (χ3v) is 1.12. The van der Waals surface area contributed by atoms with Crippen LogP contribution in [0.5, 0.6) is 0 Å². The Bertz CT molecular complexity index is 157. The van der Waals surface area contributed by atoms with Gasteiger partial charge in [-0.3, -0.25) is 9.59 Å². The summed E-state index contributed by atoms with van der Waals surface area (Å²) >= 11 is 0. The highest BCUT2D eigenvalue weighted by molar-refractivity contribution is 6.23. The zero-order valence-corrected chi connectivity index (χ0v) is 6.49. The second-order valence-electron chi connectivity index (χ2n) is 1.91. The lowest BCUT2D eigenvalue weighted by molar-refractivity contribution is -0.147. The van der Waals surface area contributed by atoms with Gasteiger partial charge in [0.2, 0.25) is 0 Å². The van der Waals surface area contributed by atoms with Crippen LogP contribution in [0.2, 0.25) is 5.82 Å². The molecule has 1 unspecified atom stereocenters. The Morgan fingerprint density at radius 2 is 1.91 bits per heavy atom. The van der Waals surface area contributed by atoms with Crippen LogP contribution in [0.4, 0.5) is 0 Å². The van der Waals surface area contributed by atoms with Crippen molar-refractivity contribution in [3.05, 3.63) is 0 Å². The summed E-state index contributed by atoms with van der Waals surface area (Å²) in [5.74, 6) is -2.06. The van der Waals surface area contributed by atoms with E-state index in [0.717, 1.165) is 0 Å². The molecule has 0 N–H and O–H groups in total. The fourth-order valence-corrected chi connectivity index (χ4v) is 0.498. The van der Waals surface area contributed by atoms with Gasteiger partial charge in [-0.1, -0.05) is 0 Å². The molecule has 0 heterocycles. The molecule has 4 nitrogen and oxygen atoms in total. The lowest BCUT2D eigenvalue weighted by Gasteiger charge is -2.06. The number of hydrogen-bond donors (Lipinski definition) is 0. The first-order chi connectivity index (χ1) is 5.11. The molecule has 5 heteroatoms. The second-order valence-corrected chi connectivity index (χ2v) is 1.91. The summed E-state index contributed by atoms with van der Waals surface area (Å²) in [6, 6.07) is 0. The molecule has 0 aromatic carbocycles. The third-order valence-electron chi connectivity index (χ3n) is 1.12. The molecule has 0 rings (SSSR count). The van der Waals surface area contributed by atoms with E-state index in [9.17, 15) is 9.59 Å². The van der Waals surface area contributed by atoms with Crippen molar-refractivity contribution in [1.82, 2.24) is 0 Å². The van der Waals surface area contributed by atoms with E-state index in [1.807, 2.05) is 0 Å². The topological polar surface area (TPSA) is 52.6 Å². The van der Waals surface area contributed by atoms with E-state index in [2.05, 4.69) is 9.47 Å². The van der Waals surface area contributed by atoms with Crippen LogP contribution in [0.15, 0.2) is 0 Å². The molecule has 0 saturated heterocycles. The molecule has 0 aliphatic carbocycles. The summed E-state index contributed by atoms with van der Waals surface area (Å²) in [4.78, 5) is 21.1. The quantitative estimate of drug-likeness (QED) is 0.415. The highest BCUT2D eigenvalue weighted by atomic mass is 16.5. The number of carbonyl (C=O) groups is 2. The van der Waals surface area contributed by atoms with Crippen molar-refractivity contribution in [2.24, 2.45) is 0 Å². The van der Waals surface area contributed by atoms with Gasteiger partial charge in [-0.2, -0.15) is 0 Å². The Morgan fingerprint density at radius 3 is 2.27 bits per heavy atom. The van der Waals surface area contributed by atoms with Crippen molar-refractivity contribution in [2.45, 2.75) is 12.2 Å². The average molecular weight is 156 g/mol. The van der Waals surface area contributed by atoms with Crippen molar-refractivity contribution in [3.63, 3.8) is 0 Å². The molecular formula is C6H9BO4. The molecule has 0 aliphatic heterocycles. The van der Waals surface area contributed by atoms with Crippen LogP contribution < -0.4 is 0 Å². The predicted molar refractivity (Wildman–Crippen MR) is 38.2 cm³/mol. The number of hydrogen-bond acceptors (Lipinski definition) is 4. The average Bonchev–Trinajstić information content (AvgIpc) is 2.02. The summed E-state index contributed by atoms with van der Waals surface area (Å²) in [6.45, 7) is 0. The Morgan fingerprint density at radius 1 is 1.36 bits per heavy atom. The zero-order valence-electron chi connectivity index (χ0n) is 6.49. The van der Waals surface area contributed by atoms with Crippen LogP contribution in [-0.2, 0) is 19.1 Å². The SMILES string of the molecule is [B]C(CC(=O)OC)C(=O)OC. The Balaban J connectivity index is 3.77. The monoisotopic (exact) mass is 156 g/mol. The molecule has 0 aromatic heterocycles. The Kier molecular flexibility index (Phi) is 4.33. The molecule has 0 fully saturated rings. The van der Waals surface area contributed by atoms with Crippen molar-refractivity contribution in [3.8, 4) is 0 Å². The van der Waals surface area contributed by atoms with Crippen LogP contribution >= 0.6 is 0 Å². The van der Waals surface area contributed by atoms with Gasteiger partial charge in [0, 0.05) is 5.82 Å². The van der Waals surface area contributed by atoms with Crippen molar-refractivity contribution >= 4 is 19.8 Å². The summed E-state index contributed by atoms with van der Waals surface area (Å²) < 4.78 is 8.57. The van der Waals surface area contributed by atoms with Crippen LogP contribution in [0.25, 0.3) is 0 Å². The van der Waals surface area contributed by atoms with E-state index in [4.69, 9.17) is 7.85 Å². The van der Waals surface area contributed by atoms with E-state index < -0.39 is 17.8 Å². The maximum Gasteiger partial charge on any atom is 0.305 e. The van der Waals surface area contributed by atoms with Crippen molar-refractivity contribution in [2.75, 3.05) is 14.2 Å². The van der Waals surface area contributed by atoms with Gasteiger partial charge in [-0.15, -0.1) is 0 Å². The van der Waals surface area contributed by atoms with E-state index in [1.54, 1.807) is 0 Å². The second kappa shape index (κ2) is 4.76. The van der Waals surface area contributed by atoms with Gasteiger partial charge >= 0.3 is 5.97 Å². The Labute approximate surface area is 66.3 Å². The van der Waals surface area contributed by atoms with Crippen LogP contribution in [0.3, 0.4) is 0 Å². The third kappa shape index (κ3) is 3.65. The molecule has 2 radical (unpaired) electrons. The van der Waals surface area contributed by atoms with Crippen LogP contribution in [0.1, 0.15) is 6.42 Å². The molecule has 0 bridgehead atoms. The highest BCUT2D eigenvalue weighted by Gasteiger charge is 2.16. The molecule has 60 valence electrons. The molecule has 1 atom stereocenters. The van der Waals surface area contributed by atoms with Gasteiger partial charge in [-0.05, 0) is 0 Å². The normalized spacial score (nSPS) is 11.8. The maximum atomic E-state index is 10.6. The summed E-state index contributed by atoms with van der Waals surface area (Å²) in [6.07, 6.45) is -0.150. The molecule has 11 heavy (non-hydrogen) atoms. The molecular weight excluding hydrogens is 147 g/mol. The standard InChI is InChI=1S/C6H9BO4/c1-10-5(8)3-4(7)6(9)11-2/h4H,3H2,1-2H3. The van der Waals surface area contributed by atoms with Crippen LogP contribution in [-0.4, -0.2) is 34.0 Å². The summed E-state index contributed by atoms with van der Waals surface area (Å²) in [7, 11) is 7.67. The molecule has 0 saturated carbocycles. The van der Waals surface area contributed by atoms with E-state index >= 15 is 0 Å². The minimum absolute atomic E-state index is 0.150. The van der Waals surface area contributed by atoms with Crippen molar-refractivity contribution < 1.29 is 19.1 Å². The van der Waals surface area contributed by atoms with E-state index in [1.165, 1.54) is 14.2 Å². The summed E-state index contributed by atoms with van der Waals surface area (Å²) in [5.41, 5.74) is 0. The van der Waals surface area contributed by atoms with E-state index in [-0.39, 0.29) is 6.42 Å². The van der Waals surface area contributed by atoms with Gasteiger partial charge in [0.1, 0.15) is 0 Å². The fraction of sp³-hybridized carbons (Fsp3) is 0.667. The molecule has 0 aromatic rings. The minimum Gasteiger partial charge on any atom is -0.469 e. The molecule has 0 amide bonds. The van der Waals surface area contributed by atoms with Gasteiger partial charge in [0.05, 0.1) is 28.5 Å². The first kappa shape index (κ1) is 10.0.